The van der Waals surface area contributed by atoms with Gasteiger partial charge in [-0.3, -0.25) is 9.78 Å². The molecule has 6 nitrogen and oxygen atoms in total. The van der Waals surface area contributed by atoms with Gasteiger partial charge in [0.2, 0.25) is 5.89 Å². The number of nitrogens with zero attached hydrogens (tertiary/aromatic N) is 2. The summed E-state index contributed by atoms with van der Waals surface area (Å²) >= 11 is 0. The third-order valence-electron chi connectivity index (χ3n) is 4.17. The number of methoxy groups -OCH3 is 1. The average Bonchev–Trinajstić information content (AvgIpc) is 3.16. The summed E-state index contributed by atoms with van der Waals surface area (Å²) in [4.78, 5) is 20.9. The van der Waals surface area contributed by atoms with E-state index in [4.69, 9.17) is 9.15 Å². The van der Waals surface area contributed by atoms with Gasteiger partial charge in [0, 0.05) is 30.1 Å². The fourth-order valence-electron chi connectivity index (χ4n) is 2.75. The summed E-state index contributed by atoms with van der Waals surface area (Å²) in [5.41, 5.74) is 3.58. The number of carbonyl (C=O) groups is 1. The van der Waals surface area contributed by atoms with E-state index in [0.717, 1.165) is 16.9 Å². The molecule has 1 N–H and O–H groups in total. The molecule has 0 spiro atoms. The highest BCUT2D eigenvalue weighted by molar-refractivity contribution is 5.97. The highest BCUT2D eigenvalue weighted by atomic mass is 16.5. The quantitative estimate of drug-likeness (QED) is 0.586. The van der Waals surface area contributed by atoms with Crippen molar-refractivity contribution in [3.8, 4) is 17.2 Å². The highest BCUT2D eigenvalue weighted by Gasteiger charge is 2.12. The number of hydrogen-bond donors (Lipinski definition) is 1. The van der Waals surface area contributed by atoms with Crippen molar-refractivity contribution in [1.29, 1.82) is 0 Å². The topological polar surface area (TPSA) is 77.2 Å². The van der Waals surface area contributed by atoms with Gasteiger partial charge in [-0.05, 0) is 48.0 Å². The number of oxazole rings is 1. The van der Waals surface area contributed by atoms with Crippen molar-refractivity contribution < 1.29 is 13.9 Å². The van der Waals surface area contributed by atoms with E-state index < -0.39 is 0 Å². The molecule has 0 bridgehead atoms. The molecular formula is C21H17N3O3. The van der Waals surface area contributed by atoms with Crippen LogP contribution in [0.2, 0.25) is 0 Å². The molecule has 4 rings (SSSR count). The van der Waals surface area contributed by atoms with Gasteiger partial charge in [-0.25, -0.2) is 4.98 Å². The molecule has 0 aliphatic heterocycles. The Morgan fingerprint density at radius 3 is 2.78 bits per heavy atom. The Hall–Kier alpha value is -3.67. The van der Waals surface area contributed by atoms with Gasteiger partial charge in [0.1, 0.15) is 11.3 Å². The third-order valence-corrected chi connectivity index (χ3v) is 4.17. The lowest BCUT2D eigenvalue weighted by Gasteiger charge is -2.07. The minimum absolute atomic E-state index is 0.179. The average molecular weight is 359 g/mol. The molecule has 0 fully saturated rings. The highest BCUT2D eigenvalue weighted by Crippen LogP contribution is 2.24. The van der Waals surface area contributed by atoms with Crippen LogP contribution in [0.3, 0.4) is 0 Å². The molecule has 0 saturated heterocycles. The van der Waals surface area contributed by atoms with Crippen LogP contribution < -0.4 is 10.1 Å². The van der Waals surface area contributed by atoms with E-state index in [9.17, 15) is 4.79 Å². The Morgan fingerprint density at radius 1 is 1.11 bits per heavy atom. The summed E-state index contributed by atoms with van der Waals surface area (Å²) in [7, 11) is 1.62. The van der Waals surface area contributed by atoms with Crippen molar-refractivity contribution in [3.05, 3.63) is 78.1 Å². The largest absolute Gasteiger partial charge is 0.497 e. The molecule has 0 saturated carbocycles. The van der Waals surface area contributed by atoms with Gasteiger partial charge >= 0.3 is 0 Å². The molecule has 134 valence electrons. The molecule has 2 aromatic carbocycles. The lowest BCUT2D eigenvalue weighted by molar-refractivity contribution is 0.0951. The third kappa shape index (κ3) is 3.64. The minimum atomic E-state index is -0.179. The predicted octanol–water partition coefficient (Wildman–Crippen LogP) is 3.83. The van der Waals surface area contributed by atoms with Crippen LogP contribution in [0.25, 0.3) is 22.6 Å². The molecule has 2 aromatic heterocycles. The standard InChI is InChI=1S/C21H17N3O3/c1-26-17-4-2-3-14(11-17)13-23-20(25)16-5-6-18-19(12-16)27-21(24-18)15-7-9-22-10-8-15/h2-12H,13H2,1H3,(H,23,25). The summed E-state index contributed by atoms with van der Waals surface area (Å²) in [5.74, 6) is 1.08. The van der Waals surface area contributed by atoms with Crippen LogP contribution in [0.4, 0.5) is 0 Å². The number of pyridine rings is 1. The zero-order chi connectivity index (χ0) is 18.6. The Balaban J connectivity index is 1.52. The first kappa shape index (κ1) is 16.8. The molecule has 0 radical (unpaired) electrons. The molecule has 0 atom stereocenters. The van der Waals surface area contributed by atoms with E-state index >= 15 is 0 Å². The van der Waals surface area contributed by atoms with E-state index in [-0.39, 0.29) is 5.91 Å². The van der Waals surface area contributed by atoms with Crippen molar-refractivity contribution in [2.75, 3.05) is 7.11 Å². The summed E-state index contributed by atoms with van der Waals surface area (Å²) in [5, 5.41) is 2.90. The van der Waals surface area contributed by atoms with E-state index in [2.05, 4.69) is 15.3 Å². The SMILES string of the molecule is COc1cccc(CNC(=O)c2ccc3nc(-c4ccncc4)oc3c2)c1. The molecule has 27 heavy (non-hydrogen) atoms. The maximum atomic E-state index is 12.5. The Bertz CT molecular complexity index is 1090. The second kappa shape index (κ2) is 7.29. The summed E-state index contributed by atoms with van der Waals surface area (Å²) in [6.45, 7) is 0.409. The molecular weight excluding hydrogens is 342 g/mol. The molecule has 0 aliphatic rings. The summed E-state index contributed by atoms with van der Waals surface area (Å²) in [6.07, 6.45) is 3.36. The molecule has 6 heteroatoms. The molecule has 0 aliphatic carbocycles. The van der Waals surface area contributed by atoms with Gasteiger partial charge in [-0.1, -0.05) is 12.1 Å². The van der Waals surface area contributed by atoms with Crippen LogP contribution in [0.1, 0.15) is 15.9 Å². The van der Waals surface area contributed by atoms with Crippen LogP contribution >= 0.6 is 0 Å². The number of benzene rings is 2. The van der Waals surface area contributed by atoms with Crippen molar-refractivity contribution >= 4 is 17.0 Å². The van der Waals surface area contributed by atoms with Gasteiger partial charge in [-0.2, -0.15) is 0 Å². The normalized spacial score (nSPS) is 10.7. The first-order valence-electron chi connectivity index (χ1n) is 8.45. The van der Waals surface area contributed by atoms with E-state index in [1.54, 1.807) is 37.7 Å². The van der Waals surface area contributed by atoms with Crippen LogP contribution in [-0.2, 0) is 6.54 Å². The Labute approximate surface area is 155 Å². The number of amides is 1. The zero-order valence-electron chi connectivity index (χ0n) is 14.7. The molecule has 2 heterocycles. The van der Waals surface area contributed by atoms with Gasteiger partial charge < -0.3 is 14.5 Å². The smallest absolute Gasteiger partial charge is 0.251 e. The van der Waals surface area contributed by atoms with Gasteiger partial charge in [0.25, 0.3) is 5.91 Å². The fraction of sp³-hybridized carbons (Fsp3) is 0.0952. The first-order valence-corrected chi connectivity index (χ1v) is 8.45. The first-order chi connectivity index (χ1) is 13.2. The van der Waals surface area contributed by atoms with Crippen molar-refractivity contribution in [2.45, 2.75) is 6.54 Å². The zero-order valence-corrected chi connectivity index (χ0v) is 14.7. The Kier molecular flexibility index (Phi) is 4.53. The molecule has 4 aromatic rings. The van der Waals surface area contributed by atoms with Crippen LogP contribution in [0, 0.1) is 0 Å². The maximum Gasteiger partial charge on any atom is 0.251 e. The monoisotopic (exact) mass is 359 g/mol. The predicted molar refractivity (Wildman–Crippen MR) is 101 cm³/mol. The maximum absolute atomic E-state index is 12.5. The van der Waals surface area contributed by atoms with Crippen LogP contribution in [0.5, 0.6) is 5.75 Å². The van der Waals surface area contributed by atoms with Crippen molar-refractivity contribution in [1.82, 2.24) is 15.3 Å². The second-order valence-corrected chi connectivity index (χ2v) is 5.97. The number of nitrogens with one attached hydrogen (secondary N) is 1. The van der Waals surface area contributed by atoms with Crippen molar-refractivity contribution in [2.24, 2.45) is 0 Å². The molecule has 0 unspecified atom stereocenters. The lowest BCUT2D eigenvalue weighted by Crippen LogP contribution is -2.22. The number of ether oxygens (including phenoxy) is 1. The number of carbonyl (C=O) groups excluding carboxylic acids is 1. The van der Waals surface area contributed by atoms with Gasteiger partial charge in [-0.15, -0.1) is 0 Å². The minimum Gasteiger partial charge on any atom is -0.497 e. The van der Waals surface area contributed by atoms with Gasteiger partial charge in [0.05, 0.1) is 7.11 Å². The van der Waals surface area contributed by atoms with Crippen LogP contribution in [0.15, 0.2) is 71.4 Å². The number of hydrogen-bond acceptors (Lipinski definition) is 5. The fourth-order valence-corrected chi connectivity index (χ4v) is 2.75. The van der Waals surface area contributed by atoms with E-state index in [1.165, 1.54) is 0 Å². The number of rotatable bonds is 5. The van der Waals surface area contributed by atoms with Crippen molar-refractivity contribution in [3.63, 3.8) is 0 Å². The number of aromatic nitrogens is 2. The van der Waals surface area contributed by atoms with E-state index in [0.29, 0.717) is 29.1 Å². The molecule has 1 amide bonds. The van der Waals surface area contributed by atoms with Crippen LogP contribution in [-0.4, -0.2) is 23.0 Å². The van der Waals surface area contributed by atoms with E-state index in [1.807, 2.05) is 36.4 Å². The van der Waals surface area contributed by atoms with Gasteiger partial charge in [0.15, 0.2) is 5.58 Å². The Morgan fingerprint density at radius 2 is 1.96 bits per heavy atom. The lowest BCUT2D eigenvalue weighted by atomic mass is 10.1. The second-order valence-electron chi connectivity index (χ2n) is 5.97. The summed E-state index contributed by atoms with van der Waals surface area (Å²) in [6, 6.07) is 16.5. The summed E-state index contributed by atoms with van der Waals surface area (Å²) < 4.78 is 11.0. The number of fused-ring (bicyclic) bond motifs is 1.